The lowest BCUT2D eigenvalue weighted by molar-refractivity contribution is -0.114. The van der Waals surface area contributed by atoms with Crippen LogP contribution in [0.1, 0.15) is 29.1 Å². The number of nitrogens with one attached hydrogen (secondary N) is 1. The van der Waals surface area contributed by atoms with Gasteiger partial charge in [-0.3, -0.25) is 4.79 Å². The quantitative estimate of drug-likeness (QED) is 0.446. The van der Waals surface area contributed by atoms with Gasteiger partial charge in [0.2, 0.25) is 0 Å². The summed E-state index contributed by atoms with van der Waals surface area (Å²) >= 11 is 1.26. The van der Waals surface area contributed by atoms with Crippen molar-refractivity contribution in [1.29, 1.82) is 5.26 Å². The maximum Gasteiger partial charge on any atom is 0.341 e. The third kappa shape index (κ3) is 4.33. The summed E-state index contributed by atoms with van der Waals surface area (Å²) in [5.74, 6) is -1.82. The number of thiophene rings is 1. The smallest absolute Gasteiger partial charge is 0.341 e. The summed E-state index contributed by atoms with van der Waals surface area (Å²) in [7, 11) is 0. The van der Waals surface area contributed by atoms with Gasteiger partial charge in [0, 0.05) is 16.1 Å². The van der Waals surface area contributed by atoms with E-state index in [9.17, 15) is 14.0 Å². The minimum Gasteiger partial charge on any atom is -0.462 e. The third-order valence-electron chi connectivity index (χ3n) is 3.73. The van der Waals surface area contributed by atoms with E-state index in [1.54, 1.807) is 25.1 Å². The van der Waals surface area contributed by atoms with Crippen LogP contribution in [0.5, 0.6) is 0 Å². The van der Waals surface area contributed by atoms with Crippen LogP contribution in [0.15, 0.2) is 35.5 Å². The number of rotatable bonds is 6. The lowest BCUT2D eigenvalue weighted by Gasteiger charge is -2.10. The molecule has 0 spiro atoms. The molecule has 0 aliphatic heterocycles. The zero-order chi connectivity index (χ0) is 20.1. The van der Waals surface area contributed by atoms with E-state index >= 15 is 0 Å². The second kappa shape index (κ2) is 8.47. The molecule has 2 aromatic rings. The molecule has 0 saturated heterocycles. The lowest BCUT2D eigenvalue weighted by atomic mass is 10.0. The molecule has 0 atom stereocenters. The number of esters is 1. The van der Waals surface area contributed by atoms with Crippen molar-refractivity contribution >= 4 is 28.2 Å². The highest BCUT2D eigenvalue weighted by Gasteiger charge is 2.25. The number of anilines is 1. The van der Waals surface area contributed by atoms with Gasteiger partial charge in [-0.1, -0.05) is 12.1 Å². The van der Waals surface area contributed by atoms with Crippen molar-refractivity contribution in [3.63, 3.8) is 0 Å². The average Bonchev–Trinajstić information content (AvgIpc) is 2.92. The highest BCUT2D eigenvalue weighted by molar-refractivity contribution is 7.17. The number of carbonyl (C=O) groups is 2. The average molecular weight is 387 g/mol. The van der Waals surface area contributed by atoms with Gasteiger partial charge in [0.1, 0.15) is 28.0 Å². The molecule has 0 bridgehead atoms. The van der Waals surface area contributed by atoms with Crippen molar-refractivity contribution in [3.8, 4) is 17.2 Å². The SMILES string of the molecule is CCOC(=O)c1c(N/C(C)=C(\C#N)C(N)=O)sc(C)c1-c1ccc(F)cc1. The molecule has 1 amide bonds. The van der Waals surface area contributed by atoms with Gasteiger partial charge in [0.25, 0.3) is 5.91 Å². The topological polar surface area (TPSA) is 105 Å². The molecular weight excluding hydrogens is 369 g/mol. The summed E-state index contributed by atoms with van der Waals surface area (Å²) in [5, 5.41) is 12.4. The Morgan fingerprint density at radius 2 is 1.96 bits per heavy atom. The molecule has 6 nitrogen and oxygen atoms in total. The van der Waals surface area contributed by atoms with Crippen molar-refractivity contribution in [1.82, 2.24) is 0 Å². The molecule has 1 aromatic carbocycles. The van der Waals surface area contributed by atoms with E-state index < -0.39 is 11.9 Å². The van der Waals surface area contributed by atoms with Crippen LogP contribution in [0.25, 0.3) is 11.1 Å². The molecule has 0 fully saturated rings. The molecule has 0 saturated carbocycles. The second-order valence-electron chi connectivity index (χ2n) is 5.57. The summed E-state index contributed by atoms with van der Waals surface area (Å²) in [4.78, 5) is 24.8. The van der Waals surface area contributed by atoms with Crippen molar-refractivity contribution in [2.24, 2.45) is 5.73 Å². The van der Waals surface area contributed by atoms with E-state index in [4.69, 9.17) is 15.7 Å². The molecular formula is C19H18FN3O3S. The highest BCUT2D eigenvalue weighted by Crippen LogP contribution is 2.41. The number of allylic oxidation sites excluding steroid dienone is 1. The number of nitrogens with two attached hydrogens (primary N) is 1. The summed E-state index contributed by atoms with van der Waals surface area (Å²) in [5.41, 5.74) is 6.70. The van der Waals surface area contributed by atoms with Crippen LogP contribution in [0.4, 0.5) is 9.39 Å². The van der Waals surface area contributed by atoms with E-state index in [-0.39, 0.29) is 29.3 Å². The first-order chi connectivity index (χ1) is 12.8. The van der Waals surface area contributed by atoms with Crippen molar-refractivity contribution in [2.75, 3.05) is 11.9 Å². The van der Waals surface area contributed by atoms with E-state index in [0.717, 1.165) is 4.88 Å². The molecule has 27 heavy (non-hydrogen) atoms. The standard InChI is InChI=1S/C19H18FN3O3S/c1-4-26-19(25)16-15(12-5-7-13(20)8-6-12)11(3)27-18(16)23-10(2)14(9-21)17(22)24/h5-8,23H,4H2,1-3H3,(H2,22,24)/b14-10+. The van der Waals surface area contributed by atoms with E-state index in [1.807, 2.05) is 6.92 Å². The van der Waals surface area contributed by atoms with Gasteiger partial charge in [0.05, 0.1) is 6.61 Å². The Hall–Kier alpha value is -3.18. The maximum absolute atomic E-state index is 13.3. The molecule has 140 valence electrons. The summed E-state index contributed by atoms with van der Waals surface area (Å²) in [6, 6.07) is 7.50. The Bertz CT molecular complexity index is 956. The molecule has 1 heterocycles. The number of aryl methyl sites for hydroxylation is 1. The molecule has 0 aliphatic rings. The number of benzene rings is 1. The fourth-order valence-corrected chi connectivity index (χ4v) is 3.67. The van der Waals surface area contributed by atoms with Crippen molar-refractivity contribution in [2.45, 2.75) is 20.8 Å². The maximum atomic E-state index is 13.3. The predicted octanol–water partition coefficient (Wildman–Crippen LogP) is 3.73. The Morgan fingerprint density at radius 1 is 1.33 bits per heavy atom. The number of hydrogen-bond acceptors (Lipinski definition) is 6. The second-order valence-corrected chi connectivity index (χ2v) is 6.79. The first kappa shape index (κ1) is 20.1. The summed E-state index contributed by atoms with van der Waals surface area (Å²) < 4.78 is 18.4. The first-order valence-electron chi connectivity index (χ1n) is 8.04. The minimum atomic E-state index is -0.868. The summed E-state index contributed by atoms with van der Waals surface area (Å²) in [6.07, 6.45) is 0. The largest absolute Gasteiger partial charge is 0.462 e. The van der Waals surface area contributed by atoms with E-state index in [0.29, 0.717) is 16.1 Å². The van der Waals surface area contributed by atoms with Crippen LogP contribution in [0.2, 0.25) is 0 Å². The van der Waals surface area contributed by atoms with Crippen LogP contribution < -0.4 is 11.1 Å². The molecule has 0 unspecified atom stereocenters. The monoisotopic (exact) mass is 387 g/mol. The summed E-state index contributed by atoms with van der Waals surface area (Å²) in [6.45, 7) is 5.20. The molecule has 3 N–H and O–H groups in total. The van der Waals surface area contributed by atoms with Gasteiger partial charge in [0.15, 0.2) is 0 Å². The van der Waals surface area contributed by atoms with Gasteiger partial charge in [-0.25, -0.2) is 9.18 Å². The third-order valence-corrected chi connectivity index (χ3v) is 4.75. The number of nitriles is 1. The number of amides is 1. The normalized spacial score (nSPS) is 11.4. The lowest BCUT2D eigenvalue weighted by Crippen LogP contribution is -2.17. The number of nitrogens with zero attached hydrogens (tertiary/aromatic N) is 1. The van der Waals surface area contributed by atoms with Crippen LogP contribution in [0.3, 0.4) is 0 Å². The number of carbonyl (C=O) groups excluding carboxylic acids is 2. The molecule has 8 heteroatoms. The molecule has 1 aromatic heterocycles. The Balaban J connectivity index is 2.64. The van der Waals surface area contributed by atoms with Crippen LogP contribution >= 0.6 is 11.3 Å². The zero-order valence-electron chi connectivity index (χ0n) is 15.1. The van der Waals surface area contributed by atoms with Gasteiger partial charge in [-0.2, -0.15) is 5.26 Å². The van der Waals surface area contributed by atoms with Crippen molar-refractivity contribution < 1.29 is 18.7 Å². The van der Waals surface area contributed by atoms with Gasteiger partial charge in [-0.05, 0) is 38.5 Å². The van der Waals surface area contributed by atoms with Crippen LogP contribution in [-0.4, -0.2) is 18.5 Å². The Kier molecular flexibility index (Phi) is 6.32. The Labute approximate surface area is 160 Å². The Morgan fingerprint density at radius 3 is 2.48 bits per heavy atom. The van der Waals surface area contributed by atoms with E-state index in [2.05, 4.69) is 5.32 Å². The van der Waals surface area contributed by atoms with Crippen LogP contribution in [-0.2, 0) is 9.53 Å². The predicted molar refractivity (Wildman–Crippen MR) is 102 cm³/mol. The fraction of sp³-hybridized carbons (Fsp3) is 0.211. The number of halogens is 1. The van der Waals surface area contributed by atoms with Crippen LogP contribution in [0, 0.1) is 24.1 Å². The van der Waals surface area contributed by atoms with Gasteiger partial charge >= 0.3 is 5.97 Å². The first-order valence-corrected chi connectivity index (χ1v) is 8.86. The molecule has 0 aliphatic carbocycles. The molecule has 0 radical (unpaired) electrons. The minimum absolute atomic E-state index is 0.176. The number of ether oxygens (including phenoxy) is 1. The zero-order valence-corrected chi connectivity index (χ0v) is 15.9. The fourth-order valence-electron chi connectivity index (χ4n) is 2.55. The van der Waals surface area contributed by atoms with E-state index in [1.165, 1.54) is 30.4 Å². The molecule has 2 rings (SSSR count). The van der Waals surface area contributed by atoms with Gasteiger partial charge in [-0.15, -0.1) is 11.3 Å². The van der Waals surface area contributed by atoms with Crippen molar-refractivity contribution in [3.05, 3.63) is 51.8 Å². The number of hydrogen-bond donors (Lipinski definition) is 2. The van der Waals surface area contributed by atoms with Gasteiger partial charge < -0.3 is 15.8 Å². The highest BCUT2D eigenvalue weighted by atomic mass is 32.1. The number of primary amides is 1.